The first-order chi connectivity index (χ1) is 11.6. The fraction of sp³-hybridized carbons (Fsp3) is 0.500. The second kappa shape index (κ2) is 5.98. The Labute approximate surface area is 153 Å². The fourth-order valence-corrected chi connectivity index (χ4v) is 5.48. The minimum Gasteiger partial charge on any atom is -0.547 e. The summed E-state index contributed by atoms with van der Waals surface area (Å²) in [5.74, 6) is 1.50. The number of benzene rings is 1. The summed E-state index contributed by atoms with van der Waals surface area (Å²) < 4.78 is 6.42. The lowest BCUT2D eigenvalue weighted by atomic mass is 9.71. The molecule has 1 aromatic carbocycles. The van der Waals surface area contributed by atoms with Crippen molar-refractivity contribution in [3.8, 4) is 0 Å². The average Bonchev–Trinajstić information content (AvgIpc) is 2.71. The first-order valence-corrected chi connectivity index (χ1v) is 12.7. The first-order valence-electron chi connectivity index (χ1n) is 9.26. The van der Waals surface area contributed by atoms with Gasteiger partial charge in [0, 0.05) is 17.8 Å². The van der Waals surface area contributed by atoms with Crippen LogP contribution in [-0.4, -0.2) is 14.1 Å². The molecule has 0 aromatic heterocycles. The van der Waals surface area contributed by atoms with Crippen molar-refractivity contribution in [3.05, 3.63) is 59.9 Å². The number of Topliss-reactive ketones (excluding diaryl/α,β-unsaturated/α-hetero) is 1. The van der Waals surface area contributed by atoms with Gasteiger partial charge in [-0.3, -0.25) is 4.79 Å². The third-order valence-electron chi connectivity index (χ3n) is 6.11. The number of hydrogen-bond acceptors (Lipinski definition) is 2. The fourth-order valence-electron chi connectivity index (χ4n) is 4.52. The molecule has 2 nitrogen and oxygen atoms in total. The lowest BCUT2D eigenvalue weighted by Crippen LogP contribution is -2.32. The van der Waals surface area contributed by atoms with Crippen molar-refractivity contribution in [2.45, 2.75) is 46.3 Å². The molecule has 1 aromatic rings. The summed E-state index contributed by atoms with van der Waals surface area (Å²) in [7, 11) is -1.73. The maximum absolute atomic E-state index is 13.5. The largest absolute Gasteiger partial charge is 0.547 e. The minimum atomic E-state index is -1.73. The second-order valence-electron chi connectivity index (χ2n) is 8.87. The van der Waals surface area contributed by atoms with Crippen LogP contribution in [0.1, 0.15) is 32.3 Å². The van der Waals surface area contributed by atoms with Crippen molar-refractivity contribution >= 4 is 14.1 Å². The van der Waals surface area contributed by atoms with Crippen molar-refractivity contribution in [2.24, 2.45) is 23.2 Å². The Kier molecular flexibility index (Phi) is 4.35. The van der Waals surface area contributed by atoms with Gasteiger partial charge in [-0.15, -0.1) is 0 Å². The summed E-state index contributed by atoms with van der Waals surface area (Å²) in [6, 6.07) is 10.4. The Morgan fingerprint density at radius 2 is 1.72 bits per heavy atom. The topological polar surface area (TPSA) is 26.3 Å². The van der Waals surface area contributed by atoms with E-state index in [1.807, 2.05) is 6.07 Å². The molecule has 0 amide bonds. The second-order valence-corrected chi connectivity index (χ2v) is 13.3. The molecule has 0 unspecified atom stereocenters. The SMILES string of the molecule is C=C1[C@H](c2ccccc2)[C@@H]2C(=O)[C@]1(C)[C@@H](C)C=C(O[Si](C)(C)C)[C@@H]2C. The highest BCUT2D eigenvalue weighted by molar-refractivity contribution is 6.70. The van der Waals surface area contributed by atoms with Crippen molar-refractivity contribution in [2.75, 3.05) is 0 Å². The van der Waals surface area contributed by atoms with E-state index in [9.17, 15) is 4.79 Å². The lowest BCUT2D eigenvalue weighted by Gasteiger charge is -2.34. The van der Waals surface area contributed by atoms with Gasteiger partial charge < -0.3 is 4.43 Å². The molecule has 2 bridgehead atoms. The van der Waals surface area contributed by atoms with Crippen molar-refractivity contribution in [3.63, 3.8) is 0 Å². The van der Waals surface area contributed by atoms with Crippen LogP contribution >= 0.6 is 0 Å². The predicted octanol–water partition coefficient (Wildman–Crippen LogP) is 5.55. The normalized spacial score (nSPS) is 35.4. The molecule has 0 spiro atoms. The molecule has 0 N–H and O–H groups in total. The van der Waals surface area contributed by atoms with Gasteiger partial charge in [0.25, 0.3) is 0 Å². The van der Waals surface area contributed by atoms with Crippen molar-refractivity contribution in [1.82, 2.24) is 0 Å². The third kappa shape index (κ3) is 2.83. The van der Waals surface area contributed by atoms with Crippen LogP contribution in [-0.2, 0) is 9.22 Å². The van der Waals surface area contributed by atoms with Gasteiger partial charge in [0.2, 0.25) is 8.32 Å². The molecule has 3 rings (SSSR count). The number of carbonyl (C=O) groups is 1. The van der Waals surface area contributed by atoms with Gasteiger partial charge in [-0.25, -0.2) is 0 Å². The Bertz CT molecular complexity index is 728. The molecule has 1 saturated carbocycles. The van der Waals surface area contributed by atoms with E-state index < -0.39 is 13.7 Å². The standard InChI is InChI=1S/C22H30O2Si/c1-14-13-18(24-25(5,6)7)15(2)19-20(17-11-9-8-10-12-17)16(3)22(14,4)21(19)23/h8-15,19-20H,3H2,1-2,4-7H3/t14-,15-,19+,20+,22+/m0/s1. The van der Waals surface area contributed by atoms with E-state index in [0.29, 0.717) is 5.78 Å². The van der Waals surface area contributed by atoms with E-state index >= 15 is 0 Å². The van der Waals surface area contributed by atoms with Gasteiger partial charge in [0.05, 0.1) is 11.2 Å². The van der Waals surface area contributed by atoms with E-state index in [2.05, 4.69) is 77.3 Å². The molecule has 2 aliphatic rings. The Morgan fingerprint density at radius 3 is 2.28 bits per heavy atom. The molecule has 5 atom stereocenters. The predicted molar refractivity (Wildman–Crippen MR) is 106 cm³/mol. The Morgan fingerprint density at radius 1 is 1.12 bits per heavy atom. The number of carbonyl (C=O) groups excluding carboxylic acids is 1. The highest BCUT2D eigenvalue weighted by Gasteiger charge is 2.59. The molecule has 1 fully saturated rings. The lowest BCUT2D eigenvalue weighted by molar-refractivity contribution is -0.129. The molecule has 0 radical (unpaired) electrons. The number of allylic oxidation sites excluding steroid dienone is 3. The van der Waals surface area contributed by atoms with Crippen LogP contribution < -0.4 is 0 Å². The quantitative estimate of drug-likeness (QED) is 0.525. The molecular formula is C22H30O2Si. The maximum Gasteiger partial charge on any atom is 0.241 e. The van der Waals surface area contributed by atoms with Gasteiger partial charge in [-0.05, 0) is 44.1 Å². The van der Waals surface area contributed by atoms with Crippen LogP contribution in [0.2, 0.25) is 19.6 Å². The van der Waals surface area contributed by atoms with Crippen LogP contribution in [0.4, 0.5) is 0 Å². The van der Waals surface area contributed by atoms with E-state index in [1.165, 1.54) is 5.56 Å². The van der Waals surface area contributed by atoms with Gasteiger partial charge in [-0.2, -0.15) is 0 Å². The Hall–Kier alpha value is -1.61. The van der Waals surface area contributed by atoms with E-state index in [1.54, 1.807) is 0 Å². The molecule has 0 heterocycles. The van der Waals surface area contributed by atoms with Crippen LogP contribution in [0.5, 0.6) is 0 Å². The summed E-state index contributed by atoms with van der Waals surface area (Å²) in [5, 5.41) is 0. The zero-order valence-electron chi connectivity index (χ0n) is 16.3. The number of hydrogen-bond donors (Lipinski definition) is 0. The summed E-state index contributed by atoms with van der Waals surface area (Å²) in [4.78, 5) is 13.5. The molecule has 134 valence electrons. The molecule has 0 aliphatic heterocycles. The van der Waals surface area contributed by atoms with E-state index in [-0.39, 0.29) is 23.7 Å². The van der Waals surface area contributed by atoms with Gasteiger partial charge >= 0.3 is 0 Å². The molecule has 25 heavy (non-hydrogen) atoms. The summed E-state index contributed by atoms with van der Waals surface area (Å²) >= 11 is 0. The van der Waals surface area contributed by atoms with Gasteiger partial charge in [-0.1, -0.05) is 56.3 Å². The summed E-state index contributed by atoms with van der Waals surface area (Å²) in [6.07, 6.45) is 2.20. The number of fused-ring (bicyclic) bond motifs is 2. The third-order valence-corrected chi connectivity index (χ3v) is 6.96. The van der Waals surface area contributed by atoms with Gasteiger partial charge in [0.1, 0.15) is 5.78 Å². The Balaban J connectivity index is 2.13. The van der Waals surface area contributed by atoms with Crippen LogP contribution in [0.15, 0.2) is 54.3 Å². The molecule has 2 aliphatic carbocycles. The van der Waals surface area contributed by atoms with Gasteiger partial charge in [0.15, 0.2) is 0 Å². The summed E-state index contributed by atoms with van der Waals surface area (Å²) in [5.41, 5.74) is 1.75. The molecule has 0 saturated heterocycles. The number of ketones is 1. The number of rotatable bonds is 3. The van der Waals surface area contributed by atoms with E-state index in [0.717, 1.165) is 11.3 Å². The van der Waals surface area contributed by atoms with E-state index in [4.69, 9.17) is 4.43 Å². The first kappa shape index (κ1) is 18.2. The molecule has 3 heteroatoms. The minimum absolute atomic E-state index is 0.0742. The van der Waals surface area contributed by atoms with Crippen LogP contribution in [0.3, 0.4) is 0 Å². The smallest absolute Gasteiger partial charge is 0.241 e. The van der Waals surface area contributed by atoms with Crippen molar-refractivity contribution < 1.29 is 9.22 Å². The maximum atomic E-state index is 13.5. The zero-order valence-corrected chi connectivity index (χ0v) is 17.3. The molecular weight excluding hydrogens is 324 g/mol. The van der Waals surface area contributed by atoms with Crippen LogP contribution in [0.25, 0.3) is 0 Å². The zero-order chi connectivity index (χ0) is 18.6. The average molecular weight is 355 g/mol. The van der Waals surface area contributed by atoms with Crippen LogP contribution in [0, 0.1) is 23.2 Å². The highest BCUT2D eigenvalue weighted by atomic mass is 28.4. The monoisotopic (exact) mass is 354 g/mol. The summed E-state index contributed by atoms with van der Waals surface area (Å²) in [6.45, 7) is 17.4. The van der Waals surface area contributed by atoms with Crippen molar-refractivity contribution in [1.29, 1.82) is 0 Å². The highest BCUT2D eigenvalue weighted by Crippen LogP contribution is 2.59.